The summed E-state index contributed by atoms with van der Waals surface area (Å²) in [6.45, 7) is 0.316. The van der Waals surface area contributed by atoms with Gasteiger partial charge in [0.25, 0.3) is 0 Å². The van der Waals surface area contributed by atoms with Crippen molar-refractivity contribution in [3.8, 4) is 5.75 Å². The Labute approximate surface area is 151 Å². The van der Waals surface area contributed by atoms with E-state index in [1.165, 1.54) is 0 Å². The lowest BCUT2D eigenvalue weighted by Crippen LogP contribution is -2.32. The average Bonchev–Trinajstić information content (AvgIpc) is 2.54. The van der Waals surface area contributed by atoms with Crippen LogP contribution in [0.5, 0.6) is 5.75 Å². The third-order valence-corrected chi connectivity index (χ3v) is 3.59. The van der Waals surface area contributed by atoms with Crippen LogP contribution < -0.4 is 15.4 Å². The fraction of sp³-hybridized carbons (Fsp3) is 0.188. The van der Waals surface area contributed by atoms with Gasteiger partial charge in [-0.2, -0.15) is 13.2 Å². The van der Waals surface area contributed by atoms with Crippen LogP contribution in [-0.4, -0.2) is 19.2 Å². The second kappa shape index (κ2) is 8.31. The number of hydrogen-bond acceptors (Lipinski definition) is 2. The largest absolute Gasteiger partial charge is 0.492 e. The van der Waals surface area contributed by atoms with Crippen LogP contribution >= 0.6 is 23.2 Å². The number of nitrogens with one attached hydrogen (secondary N) is 2. The predicted octanol–water partition coefficient (Wildman–Crippen LogP) is 5.21. The maximum absolute atomic E-state index is 12.7. The molecule has 2 N–H and O–H groups in total. The van der Waals surface area contributed by atoms with Crippen LogP contribution in [-0.2, 0) is 6.18 Å². The van der Waals surface area contributed by atoms with Crippen molar-refractivity contribution in [3.05, 3.63) is 58.1 Å². The summed E-state index contributed by atoms with van der Waals surface area (Å²) >= 11 is 11.5. The van der Waals surface area contributed by atoms with Crippen molar-refractivity contribution in [1.82, 2.24) is 5.32 Å². The number of ether oxygens (including phenoxy) is 1. The molecule has 0 aliphatic rings. The highest BCUT2D eigenvalue weighted by Crippen LogP contribution is 2.33. The van der Waals surface area contributed by atoms with E-state index in [2.05, 4.69) is 10.6 Å². The van der Waals surface area contributed by atoms with Gasteiger partial charge < -0.3 is 15.4 Å². The fourth-order valence-corrected chi connectivity index (χ4v) is 2.12. The average molecular weight is 393 g/mol. The molecule has 0 aromatic heterocycles. The van der Waals surface area contributed by atoms with E-state index < -0.39 is 17.8 Å². The minimum Gasteiger partial charge on any atom is -0.492 e. The van der Waals surface area contributed by atoms with Crippen molar-refractivity contribution in [3.63, 3.8) is 0 Å². The van der Waals surface area contributed by atoms with E-state index in [0.717, 1.165) is 18.2 Å². The lowest BCUT2D eigenvalue weighted by molar-refractivity contribution is -0.137. The minimum atomic E-state index is -4.52. The zero-order chi connectivity index (χ0) is 18.4. The second-order valence-electron chi connectivity index (χ2n) is 4.88. The number of carbonyl (C=O) groups excluding carboxylic acids is 1. The first-order valence-electron chi connectivity index (χ1n) is 7.05. The standard InChI is InChI=1S/C16H13Cl2F3N2O2/c17-11-2-4-12(5-3-11)25-8-7-22-15(24)23-14-9-10(16(19,20)21)1-6-13(14)18/h1-6,9H,7-8H2,(H2,22,23,24). The molecule has 0 unspecified atom stereocenters. The molecular weight excluding hydrogens is 380 g/mol. The lowest BCUT2D eigenvalue weighted by Gasteiger charge is -2.12. The number of anilines is 1. The smallest absolute Gasteiger partial charge is 0.416 e. The van der Waals surface area contributed by atoms with Crippen LogP contribution in [0.3, 0.4) is 0 Å². The Bertz CT molecular complexity index is 737. The molecule has 0 aliphatic carbocycles. The predicted molar refractivity (Wildman–Crippen MR) is 90.4 cm³/mol. The lowest BCUT2D eigenvalue weighted by atomic mass is 10.2. The van der Waals surface area contributed by atoms with Crippen molar-refractivity contribution in [2.45, 2.75) is 6.18 Å². The molecular formula is C16H13Cl2F3N2O2. The number of urea groups is 1. The number of rotatable bonds is 5. The van der Waals surface area contributed by atoms with E-state index in [1.807, 2.05) is 0 Å². The summed E-state index contributed by atoms with van der Waals surface area (Å²) in [7, 11) is 0. The monoisotopic (exact) mass is 392 g/mol. The van der Waals surface area contributed by atoms with Gasteiger partial charge in [0.1, 0.15) is 12.4 Å². The van der Waals surface area contributed by atoms with Crippen LogP contribution in [0.2, 0.25) is 10.0 Å². The molecule has 0 radical (unpaired) electrons. The van der Waals surface area contributed by atoms with Gasteiger partial charge in [0, 0.05) is 5.02 Å². The summed E-state index contributed by atoms with van der Waals surface area (Å²) in [5, 5.41) is 5.30. The van der Waals surface area contributed by atoms with E-state index >= 15 is 0 Å². The molecule has 0 bridgehead atoms. The van der Waals surface area contributed by atoms with Crippen molar-refractivity contribution in [2.75, 3.05) is 18.5 Å². The Kier molecular flexibility index (Phi) is 6.39. The van der Waals surface area contributed by atoms with Gasteiger partial charge in [-0.05, 0) is 42.5 Å². The Balaban J connectivity index is 1.83. The third-order valence-electron chi connectivity index (χ3n) is 3.01. The highest BCUT2D eigenvalue weighted by molar-refractivity contribution is 6.33. The number of carbonyl (C=O) groups is 1. The minimum absolute atomic E-state index is 0.000522. The van der Waals surface area contributed by atoms with Gasteiger partial charge in [-0.25, -0.2) is 4.79 Å². The Morgan fingerprint density at radius 3 is 2.40 bits per heavy atom. The normalized spacial score (nSPS) is 11.1. The molecule has 4 nitrogen and oxygen atoms in total. The summed E-state index contributed by atoms with van der Waals surface area (Å²) in [5.41, 5.74) is -1.04. The number of halogens is 5. The maximum atomic E-state index is 12.7. The number of amides is 2. The molecule has 0 spiro atoms. The van der Waals surface area contributed by atoms with Crippen LogP contribution in [0, 0.1) is 0 Å². The Morgan fingerprint density at radius 1 is 1.08 bits per heavy atom. The van der Waals surface area contributed by atoms with Crippen molar-refractivity contribution in [2.24, 2.45) is 0 Å². The zero-order valence-corrected chi connectivity index (χ0v) is 14.2. The SMILES string of the molecule is O=C(NCCOc1ccc(Cl)cc1)Nc1cc(C(F)(F)F)ccc1Cl. The Morgan fingerprint density at radius 2 is 1.76 bits per heavy atom. The van der Waals surface area contributed by atoms with Gasteiger partial charge in [-0.15, -0.1) is 0 Å². The second-order valence-corrected chi connectivity index (χ2v) is 5.72. The highest BCUT2D eigenvalue weighted by atomic mass is 35.5. The van der Waals surface area contributed by atoms with Gasteiger partial charge in [0.2, 0.25) is 0 Å². The van der Waals surface area contributed by atoms with Crippen LogP contribution in [0.25, 0.3) is 0 Å². The van der Waals surface area contributed by atoms with Crippen LogP contribution in [0.1, 0.15) is 5.56 Å². The quantitative estimate of drug-likeness (QED) is 0.685. The van der Waals surface area contributed by atoms with Gasteiger partial charge in [0.05, 0.1) is 22.8 Å². The molecule has 0 atom stereocenters. The third kappa shape index (κ3) is 6.03. The van der Waals surface area contributed by atoms with Crippen LogP contribution in [0.4, 0.5) is 23.7 Å². The summed E-state index contributed by atoms with van der Waals surface area (Å²) in [4.78, 5) is 11.7. The van der Waals surface area contributed by atoms with Crippen molar-refractivity contribution >= 4 is 34.9 Å². The van der Waals surface area contributed by atoms with Gasteiger partial charge in [-0.3, -0.25) is 0 Å². The first-order valence-corrected chi connectivity index (χ1v) is 7.81. The number of benzene rings is 2. The van der Waals surface area contributed by atoms with E-state index in [9.17, 15) is 18.0 Å². The van der Waals surface area contributed by atoms with E-state index in [0.29, 0.717) is 10.8 Å². The van der Waals surface area contributed by atoms with E-state index in [-0.39, 0.29) is 23.9 Å². The molecule has 2 aromatic carbocycles. The topological polar surface area (TPSA) is 50.4 Å². The number of alkyl halides is 3. The molecule has 0 fully saturated rings. The molecule has 9 heteroatoms. The maximum Gasteiger partial charge on any atom is 0.416 e. The Hall–Kier alpha value is -2.12. The summed E-state index contributed by atoms with van der Waals surface area (Å²) in [5.74, 6) is 0.576. The highest BCUT2D eigenvalue weighted by Gasteiger charge is 2.31. The summed E-state index contributed by atoms with van der Waals surface area (Å²) in [6, 6.07) is 8.65. The molecule has 2 aromatic rings. The number of hydrogen-bond donors (Lipinski definition) is 2. The molecule has 0 saturated carbocycles. The molecule has 134 valence electrons. The summed E-state index contributed by atoms with van der Waals surface area (Å²) < 4.78 is 43.4. The van der Waals surface area contributed by atoms with E-state index in [4.69, 9.17) is 27.9 Å². The van der Waals surface area contributed by atoms with Crippen LogP contribution in [0.15, 0.2) is 42.5 Å². The van der Waals surface area contributed by atoms with Gasteiger partial charge in [-0.1, -0.05) is 23.2 Å². The molecule has 0 aliphatic heterocycles. The first-order chi connectivity index (χ1) is 11.8. The fourth-order valence-electron chi connectivity index (χ4n) is 1.83. The van der Waals surface area contributed by atoms with E-state index in [1.54, 1.807) is 24.3 Å². The molecule has 25 heavy (non-hydrogen) atoms. The zero-order valence-electron chi connectivity index (χ0n) is 12.7. The molecule has 0 saturated heterocycles. The first kappa shape index (κ1) is 19.2. The molecule has 2 amide bonds. The summed E-state index contributed by atoms with van der Waals surface area (Å²) in [6.07, 6.45) is -4.52. The molecule has 0 heterocycles. The van der Waals surface area contributed by atoms with Crippen molar-refractivity contribution < 1.29 is 22.7 Å². The molecule has 2 rings (SSSR count). The van der Waals surface area contributed by atoms with Gasteiger partial charge in [0.15, 0.2) is 0 Å². The van der Waals surface area contributed by atoms with Gasteiger partial charge >= 0.3 is 12.2 Å². The van der Waals surface area contributed by atoms with Crippen molar-refractivity contribution in [1.29, 1.82) is 0 Å².